The highest BCUT2D eigenvalue weighted by molar-refractivity contribution is 5.97. The topological polar surface area (TPSA) is 54.5 Å². The van der Waals surface area contributed by atoms with Crippen LogP contribution in [0.5, 0.6) is 0 Å². The van der Waals surface area contributed by atoms with Gasteiger partial charge in [-0.2, -0.15) is 0 Å². The molecular formula is C23H21FN4O2. The van der Waals surface area contributed by atoms with E-state index in [9.17, 15) is 9.18 Å². The summed E-state index contributed by atoms with van der Waals surface area (Å²) >= 11 is 0. The van der Waals surface area contributed by atoms with Crippen LogP contribution in [0.1, 0.15) is 16.1 Å². The van der Waals surface area contributed by atoms with E-state index < -0.39 is 0 Å². The van der Waals surface area contributed by atoms with E-state index >= 15 is 0 Å². The summed E-state index contributed by atoms with van der Waals surface area (Å²) in [7, 11) is 0. The highest BCUT2D eigenvalue weighted by Gasteiger charge is 2.26. The summed E-state index contributed by atoms with van der Waals surface area (Å²) < 4.78 is 21.1. The minimum atomic E-state index is -0.290. The van der Waals surface area contributed by atoms with Gasteiger partial charge < -0.3 is 18.8 Å². The second-order valence-electron chi connectivity index (χ2n) is 7.38. The average molecular weight is 404 g/mol. The van der Waals surface area contributed by atoms with E-state index in [1.165, 1.54) is 12.1 Å². The molecule has 5 rings (SSSR count). The summed E-state index contributed by atoms with van der Waals surface area (Å²) in [6.45, 7) is 3.08. The number of rotatable bonds is 4. The molecule has 1 amide bonds. The molecule has 4 heterocycles. The number of nitrogens with zero attached hydrogens (tertiary/aromatic N) is 4. The van der Waals surface area contributed by atoms with Crippen molar-refractivity contribution in [1.82, 2.24) is 14.5 Å². The first-order valence-electron chi connectivity index (χ1n) is 9.95. The maximum atomic E-state index is 13.7. The molecule has 7 heteroatoms. The van der Waals surface area contributed by atoms with Gasteiger partial charge >= 0.3 is 0 Å². The molecule has 0 bridgehead atoms. The maximum Gasteiger partial charge on any atom is 0.270 e. The number of anilines is 1. The number of piperazine rings is 1. The first kappa shape index (κ1) is 18.4. The van der Waals surface area contributed by atoms with Gasteiger partial charge in [0.2, 0.25) is 0 Å². The van der Waals surface area contributed by atoms with Gasteiger partial charge in [-0.1, -0.05) is 18.2 Å². The number of aromatic nitrogens is 2. The lowest BCUT2D eigenvalue weighted by Gasteiger charge is -2.35. The van der Waals surface area contributed by atoms with Crippen LogP contribution in [-0.4, -0.2) is 46.5 Å². The van der Waals surface area contributed by atoms with E-state index in [0.29, 0.717) is 30.9 Å². The third-order valence-electron chi connectivity index (χ3n) is 5.51. The van der Waals surface area contributed by atoms with Crippen molar-refractivity contribution in [2.75, 3.05) is 31.1 Å². The molecule has 1 aliphatic heterocycles. The smallest absolute Gasteiger partial charge is 0.270 e. The number of carbonyl (C=O) groups is 1. The lowest BCUT2D eigenvalue weighted by Crippen LogP contribution is -2.49. The zero-order valence-corrected chi connectivity index (χ0v) is 16.4. The Morgan fingerprint density at radius 1 is 1.03 bits per heavy atom. The minimum absolute atomic E-state index is 0.0431. The fourth-order valence-corrected chi connectivity index (χ4v) is 3.98. The number of fused-ring (bicyclic) bond motifs is 1. The van der Waals surface area contributed by atoms with Crippen molar-refractivity contribution in [3.05, 3.63) is 84.1 Å². The average Bonchev–Trinajstić information content (AvgIpc) is 3.37. The van der Waals surface area contributed by atoms with Gasteiger partial charge in [0.25, 0.3) is 5.91 Å². The Hall–Kier alpha value is -3.61. The summed E-state index contributed by atoms with van der Waals surface area (Å²) in [6, 6.07) is 15.9. The molecule has 1 saturated heterocycles. The monoisotopic (exact) mass is 404 g/mol. The van der Waals surface area contributed by atoms with Gasteiger partial charge in [-0.3, -0.25) is 4.79 Å². The SMILES string of the molecule is O=C(c1cc2occc2n1Cc1cccc(F)c1)N1CCN(c2ccccn2)CC1. The standard InChI is InChI=1S/C23H21FN4O2/c24-18-5-3-4-17(14-18)16-28-19-7-13-30-21(19)15-20(28)23(29)27-11-9-26(10-12-27)22-6-1-2-8-25-22/h1-8,13-15H,9-12,16H2. The number of carbonyl (C=O) groups excluding carboxylic acids is 1. The molecule has 4 aromatic rings. The maximum absolute atomic E-state index is 13.7. The second-order valence-corrected chi connectivity index (χ2v) is 7.38. The highest BCUT2D eigenvalue weighted by Crippen LogP contribution is 2.24. The minimum Gasteiger partial charge on any atom is -0.463 e. The third kappa shape index (κ3) is 3.43. The van der Waals surface area contributed by atoms with Crippen LogP contribution >= 0.6 is 0 Å². The Morgan fingerprint density at radius 3 is 2.67 bits per heavy atom. The predicted molar refractivity (Wildman–Crippen MR) is 112 cm³/mol. The van der Waals surface area contributed by atoms with Gasteiger partial charge in [-0.15, -0.1) is 0 Å². The Balaban J connectivity index is 1.38. The third-order valence-corrected chi connectivity index (χ3v) is 5.51. The number of halogens is 1. The summed E-state index contributed by atoms with van der Waals surface area (Å²) in [5, 5.41) is 0. The molecule has 1 aromatic carbocycles. The molecule has 0 saturated carbocycles. The number of hydrogen-bond donors (Lipinski definition) is 0. The van der Waals surface area contributed by atoms with Crippen molar-refractivity contribution in [1.29, 1.82) is 0 Å². The summed E-state index contributed by atoms with van der Waals surface area (Å²) in [5.74, 6) is 0.594. The Morgan fingerprint density at radius 2 is 1.90 bits per heavy atom. The van der Waals surface area contributed by atoms with Crippen molar-refractivity contribution in [3.63, 3.8) is 0 Å². The zero-order valence-electron chi connectivity index (χ0n) is 16.4. The molecule has 0 unspecified atom stereocenters. The summed E-state index contributed by atoms with van der Waals surface area (Å²) in [4.78, 5) is 21.8. The summed E-state index contributed by atoms with van der Waals surface area (Å²) in [5.41, 5.74) is 2.83. The van der Waals surface area contributed by atoms with E-state index in [1.807, 2.05) is 39.8 Å². The van der Waals surface area contributed by atoms with Crippen LogP contribution in [0.4, 0.5) is 10.2 Å². The van der Waals surface area contributed by atoms with Crippen LogP contribution in [0.25, 0.3) is 11.1 Å². The van der Waals surface area contributed by atoms with E-state index in [4.69, 9.17) is 4.42 Å². The highest BCUT2D eigenvalue weighted by atomic mass is 19.1. The van der Waals surface area contributed by atoms with Crippen LogP contribution in [-0.2, 0) is 6.54 Å². The molecule has 6 nitrogen and oxygen atoms in total. The molecule has 1 fully saturated rings. The molecule has 0 N–H and O–H groups in total. The van der Waals surface area contributed by atoms with Gasteiger partial charge in [0.1, 0.15) is 17.3 Å². The summed E-state index contributed by atoms with van der Waals surface area (Å²) in [6.07, 6.45) is 3.38. The number of furan rings is 1. The van der Waals surface area contributed by atoms with E-state index in [1.54, 1.807) is 24.6 Å². The predicted octanol–water partition coefficient (Wildman–Crippen LogP) is 3.78. The van der Waals surface area contributed by atoms with Crippen molar-refractivity contribution < 1.29 is 13.6 Å². The molecule has 1 aliphatic rings. The van der Waals surface area contributed by atoms with Gasteiger partial charge in [-0.25, -0.2) is 9.37 Å². The molecule has 152 valence electrons. The van der Waals surface area contributed by atoms with Crippen LogP contribution in [0, 0.1) is 5.82 Å². The van der Waals surface area contributed by atoms with Crippen molar-refractivity contribution >= 4 is 22.8 Å². The molecule has 0 aliphatic carbocycles. The van der Waals surface area contributed by atoms with Crippen molar-refractivity contribution in [2.24, 2.45) is 0 Å². The van der Waals surface area contributed by atoms with Gasteiger partial charge in [-0.05, 0) is 29.8 Å². The number of benzene rings is 1. The van der Waals surface area contributed by atoms with Gasteiger partial charge in [0.15, 0.2) is 5.58 Å². The van der Waals surface area contributed by atoms with Crippen LogP contribution in [0.2, 0.25) is 0 Å². The number of pyridine rings is 1. The lowest BCUT2D eigenvalue weighted by molar-refractivity contribution is 0.0736. The molecule has 3 aromatic heterocycles. The Bertz CT molecular complexity index is 1180. The van der Waals surface area contributed by atoms with Crippen molar-refractivity contribution in [3.8, 4) is 0 Å². The Labute approximate surface area is 173 Å². The van der Waals surface area contributed by atoms with Crippen LogP contribution < -0.4 is 4.90 Å². The second kappa shape index (κ2) is 7.67. The van der Waals surface area contributed by atoms with Crippen LogP contribution in [0.15, 0.2) is 71.5 Å². The van der Waals surface area contributed by atoms with E-state index in [0.717, 1.165) is 30.0 Å². The quantitative estimate of drug-likeness (QED) is 0.520. The molecule has 0 atom stereocenters. The lowest BCUT2D eigenvalue weighted by atomic mass is 10.2. The first-order chi connectivity index (χ1) is 14.7. The Kier molecular flexibility index (Phi) is 4.71. The molecule has 0 radical (unpaired) electrons. The number of amides is 1. The van der Waals surface area contributed by atoms with Crippen molar-refractivity contribution in [2.45, 2.75) is 6.54 Å². The molecular weight excluding hydrogens is 383 g/mol. The van der Waals surface area contributed by atoms with Gasteiger partial charge in [0, 0.05) is 51.1 Å². The fraction of sp³-hybridized carbons (Fsp3) is 0.217. The zero-order chi connectivity index (χ0) is 20.5. The van der Waals surface area contributed by atoms with E-state index in [-0.39, 0.29) is 11.7 Å². The van der Waals surface area contributed by atoms with Crippen LogP contribution in [0.3, 0.4) is 0 Å². The first-order valence-corrected chi connectivity index (χ1v) is 9.95. The molecule has 0 spiro atoms. The van der Waals surface area contributed by atoms with E-state index in [2.05, 4.69) is 9.88 Å². The number of hydrogen-bond acceptors (Lipinski definition) is 4. The van der Waals surface area contributed by atoms with Gasteiger partial charge in [0.05, 0.1) is 11.8 Å². The largest absolute Gasteiger partial charge is 0.463 e. The fourth-order valence-electron chi connectivity index (χ4n) is 3.98. The normalized spacial score (nSPS) is 14.4. The molecule has 30 heavy (non-hydrogen) atoms.